The smallest absolute Gasteiger partial charge is 0.222 e. The van der Waals surface area contributed by atoms with E-state index in [4.69, 9.17) is 0 Å². The molecule has 1 aliphatic carbocycles. The third-order valence-corrected chi connectivity index (χ3v) is 3.44. The Bertz CT molecular complexity index is 397. The molecule has 2 atom stereocenters. The number of hydrogen-bond donors (Lipinski definition) is 1. The number of benzene rings is 1. The van der Waals surface area contributed by atoms with Crippen LogP contribution in [0.25, 0.3) is 0 Å². The quantitative estimate of drug-likeness (QED) is 0.810. The first kappa shape index (κ1) is 11.2. The van der Waals surface area contributed by atoms with Crippen molar-refractivity contribution in [2.45, 2.75) is 39.2 Å². The van der Waals surface area contributed by atoms with Crippen LogP contribution in [0.4, 0.5) is 0 Å². The summed E-state index contributed by atoms with van der Waals surface area (Å²) in [6, 6.07) is 8.74. The van der Waals surface area contributed by atoms with Crippen molar-refractivity contribution in [2.24, 2.45) is 5.92 Å². The van der Waals surface area contributed by atoms with Gasteiger partial charge >= 0.3 is 0 Å². The molecule has 16 heavy (non-hydrogen) atoms. The van der Waals surface area contributed by atoms with Gasteiger partial charge in [0, 0.05) is 17.9 Å². The summed E-state index contributed by atoms with van der Waals surface area (Å²) >= 11 is 0. The number of carbonyl (C=O) groups excluding carboxylic acids is 1. The van der Waals surface area contributed by atoms with Crippen molar-refractivity contribution in [1.82, 2.24) is 5.32 Å². The number of fused-ring (bicyclic) bond motifs is 1. The Morgan fingerprint density at radius 2 is 2.06 bits per heavy atom. The van der Waals surface area contributed by atoms with E-state index in [1.54, 1.807) is 0 Å². The van der Waals surface area contributed by atoms with E-state index in [9.17, 15) is 4.79 Å². The highest BCUT2D eigenvalue weighted by atomic mass is 16.1. The van der Waals surface area contributed by atoms with Gasteiger partial charge in [0.2, 0.25) is 5.91 Å². The zero-order valence-corrected chi connectivity index (χ0v) is 10.2. The Morgan fingerprint density at radius 3 is 2.69 bits per heavy atom. The molecule has 0 heterocycles. The Hall–Kier alpha value is -1.31. The molecular formula is C14H19NO. The number of nitrogens with one attached hydrogen (secondary N) is 1. The third kappa shape index (κ3) is 1.97. The SMILES string of the molecule is CC(C)C(=O)NC1Cc2ccccc2C1C. The minimum absolute atomic E-state index is 0.0657. The average molecular weight is 217 g/mol. The lowest BCUT2D eigenvalue weighted by atomic mass is 10.0. The normalized spacial score (nSPS) is 23.2. The Morgan fingerprint density at radius 1 is 1.38 bits per heavy atom. The first-order chi connectivity index (χ1) is 7.59. The molecule has 0 spiro atoms. The van der Waals surface area contributed by atoms with Crippen LogP contribution < -0.4 is 5.32 Å². The second-order valence-corrected chi connectivity index (χ2v) is 4.96. The zero-order chi connectivity index (χ0) is 11.7. The van der Waals surface area contributed by atoms with Crippen molar-refractivity contribution in [3.63, 3.8) is 0 Å². The summed E-state index contributed by atoms with van der Waals surface area (Å²) in [5.41, 5.74) is 2.76. The van der Waals surface area contributed by atoms with E-state index in [0.717, 1.165) is 6.42 Å². The van der Waals surface area contributed by atoms with Crippen LogP contribution in [0.2, 0.25) is 0 Å². The van der Waals surface area contributed by atoms with E-state index < -0.39 is 0 Å². The predicted molar refractivity (Wildman–Crippen MR) is 65.3 cm³/mol. The molecule has 1 aliphatic rings. The molecule has 0 radical (unpaired) electrons. The Balaban J connectivity index is 2.10. The fraction of sp³-hybridized carbons (Fsp3) is 0.500. The van der Waals surface area contributed by atoms with Crippen LogP contribution in [0.1, 0.15) is 37.8 Å². The summed E-state index contributed by atoms with van der Waals surface area (Å²) in [6.45, 7) is 6.06. The second kappa shape index (κ2) is 4.28. The maximum absolute atomic E-state index is 11.7. The molecule has 2 rings (SSSR count). The fourth-order valence-electron chi connectivity index (χ4n) is 2.32. The topological polar surface area (TPSA) is 29.1 Å². The van der Waals surface area contributed by atoms with Crippen molar-refractivity contribution in [1.29, 1.82) is 0 Å². The van der Waals surface area contributed by atoms with Gasteiger partial charge in [-0.25, -0.2) is 0 Å². The van der Waals surface area contributed by atoms with Gasteiger partial charge in [0.05, 0.1) is 0 Å². The van der Waals surface area contributed by atoms with Crippen LogP contribution in [-0.4, -0.2) is 11.9 Å². The fourth-order valence-corrected chi connectivity index (χ4v) is 2.32. The average Bonchev–Trinajstić information content (AvgIpc) is 2.56. The number of carbonyl (C=O) groups is 1. The molecule has 0 fully saturated rings. The number of rotatable bonds is 2. The van der Waals surface area contributed by atoms with E-state index in [0.29, 0.717) is 5.92 Å². The molecule has 0 saturated carbocycles. The highest BCUT2D eigenvalue weighted by Crippen LogP contribution is 2.32. The van der Waals surface area contributed by atoms with Crippen molar-refractivity contribution < 1.29 is 4.79 Å². The van der Waals surface area contributed by atoms with Crippen molar-refractivity contribution in [3.05, 3.63) is 35.4 Å². The summed E-state index contributed by atoms with van der Waals surface area (Å²) in [4.78, 5) is 11.7. The van der Waals surface area contributed by atoms with Crippen LogP contribution in [-0.2, 0) is 11.2 Å². The lowest BCUT2D eigenvalue weighted by Gasteiger charge is -2.19. The van der Waals surface area contributed by atoms with E-state index in [1.165, 1.54) is 11.1 Å². The van der Waals surface area contributed by atoms with Gasteiger partial charge in [-0.3, -0.25) is 4.79 Å². The lowest BCUT2D eigenvalue weighted by Crippen LogP contribution is -2.39. The molecule has 1 aromatic rings. The van der Waals surface area contributed by atoms with E-state index in [2.05, 4.69) is 36.5 Å². The minimum atomic E-state index is 0.0657. The number of hydrogen-bond acceptors (Lipinski definition) is 1. The van der Waals surface area contributed by atoms with Crippen molar-refractivity contribution >= 4 is 5.91 Å². The number of amides is 1. The molecule has 1 amide bonds. The second-order valence-electron chi connectivity index (χ2n) is 4.96. The minimum Gasteiger partial charge on any atom is -0.352 e. The highest BCUT2D eigenvalue weighted by molar-refractivity contribution is 5.78. The van der Waals surface area contributed by atoms with Crippen LogP contribution in [0.5, 0.6) is 0 Å². The van der Waals surface area contributed by atoms with Gasteiger partial charge in [0.25, 0.3) is 0 Å². The van der Waals surface area contributed by atoms with Crippen LogP contribution in [0.3, 0.4) is 0 Å². The molecule has 0 saturated heterocycles. The van der Waals surface area contributed by atoms with Gasteiger partial charge in [-0.15, -0.1) is 0 Å². The summed E-state index contributed by atoms with van der Waals surface area (Å²) in [6.07, 6.45) is 0.968. The Kier molecular flexibility index (Phi) is 2.99. The largest absolute Gasteiger partial charge is 0.352 e. The third-order valence-electron chi connectivity index (χ3n) is 3.44. The molecule has 86 valence electrons. The first-order valence-electron chi connectivity index (χ1n) is 5.97. The summed E-state index contributed by atoms with van der Waals surface area (Å²) in [5.74, 6) is 0.652. The monoisotopic (exact) mass is 217 g/mol. The molecular weight excluding hydrogens is 198 g/mol. The summed E-state index contributed by atoms with van der Waals surface area (Å²) in [7, 11) is 0. The standard InChI is InChI=1S/C14H19NO/c1-9(2)14(16)15-13-8-11-6-4-5-7-12(11)10(13)3/h4-7,9-10,13H,8H2,1-3H3,(H,15,16). The Labute approximate surface area is 97.1 Å². The van der Waals surface area contributed by atoms with E-state index >= 15 is 0 Å². The molecule has 1 aromatic carbocycles. The predicted octanol–water partition coefficient (Wildman–Crippen LogP) is 2.49. The van der Waals surface area contributed by atoms with Gasteiger partial charge in [-0.05, 0) is 17.5 Å². The molecule has 0 aliphatic heterocycles. The van der Waals surface area contributed by atoms with Crippen LogP contribution in [0, 0.1) is 5.92 Å². The zero-order valence-electron chi connectivity index (χ0n) is 10.2. The maximum atomic E-state index is 11.7. The lowest BCUT2D eigenvalue weighted by molar-refractivity contribution is -0.124. The van der Waals surface area contributed by atoms with Gasteiger partial charge in [0.15, 0.2) is 0 Å². The molecule has 2 heteroatoms. The van der Waals surface area contributed by atoms with E-state index in [1.807, 2.05) is 13.8 Å². The van der Waals surface area contributed by atoms with Gasteiger partial charge in [-0.1, -0.05) is 45.0 Å². The summed E-state index contributed by atoms with van der Waals surface area (Å²) < 4.78 is 0. The van der Waals surface area contributed by atoms with E-state index in [-0.39, 0.29) is 17.9 Å². The highest BCUT2D eigenvalue weighted by Gasteiger charge is 2.30. The van der Waals surface area contributed by atoms with Crippen LogP contribution >= 0.6 is 0 Å². The summed E-state index contributed by atoms with van der Waals surface area (Å²) in [5, 5.41) is 3.14. The maximum Gasteiger partial charge on any atom is 0.222 e. The van der Waals surface area contributed by atoms with Crippen LogP contribution in [0.15, 0.2) is 24.3 Å². The molecule has 2 unspecified atom stereocenters. The van der Waals surface area contributed by atoms with Gasteiger partial charge in [-0.2, -0.15) is 0 Å². The molecule has 1 N–H and O–H groups in total. The van der Waals surface area contributed by atoms with Crippen molar-refractivity contribution in [2.75, 3.05) is 0 Å². The molecule has 0 bridgehead atoms. The molecule has 2 nitrogen and oxygen atoms in total. The van der Waals surface area contributed by atoms with Gasteiger partial charge in [0.1, 0.15) is 0 Å². The van der Waals surface area contributed by atoms with Crippen molar-refractivity contribution in [3.8, 4) is 0 Å². The first-order valence-corrected chi connectivity index (χ1v) is 5.97. The van der Waals surface area contributed by atoms with Gasteiger partial charge < -0.3 is 5.32 Å². The molecule has 0 aromatic heterocycles.